The molecule has 2 aromatic rings. The lowest BCUT2D eigenvalue weighted by Gasteiger charge is -2.11. The zero-order chi connectivity index (χ0) is 17.4. The fraction of sp³-hybridized carbons (Fsp3) is 0.278. The predicted octanol–water partition coefficient (Wildman–Crippen LogP) is 3.23. The summed E-state index contributed by atoms with van der Waals surface area (Å²) in [7, 11) is 1.58. The van der Waals surface area contributed by atoms with Crippen molar-refractivity contribution in [3.05, 3.63) is 53.1 Å². The SMILES string of the molecule is COc1ccccc1OCCNC(=O)COc1cc(C)ccc1Cl. The van der Waals surface area contributed by atoms with Gasteiger partial charge in [-0.1, -0.05) is 29.8 Å². The van der Waals surface area contributed by atoms with Gasteiger partial charge in [-0.15, -0.1) is 0 Å². The van der Waals surface area contributed by atoms with Crippen LogP contribution in [0.3, 0.4) is 0 Å². The summed E-state index contributed by atoms with van der Waals surface area (Å²) in [5.74, 6) is 1.55. The molecular formula is C18H20ClNO4. The molecular weight excluding hydrogens is 330 g/mol. The number of hydrogen-bond acceptors (Lipinski definition) is 4. The number of carbonyl (C=O) groups excluding carboxylic acids is 1. The average Bonchev–Trinajstić information content (AvgIpc) is 2.59. The maximum absolute atomic E-state index is 11.8. The Morgan fingerprint density at radius 1 is 1.08 bits per heavy atom. The van der Waals surface area contributed by atoms with Crippen LogP contribution in [-0.4, -0.2) is 32.8 Å². The van der Waals surface area contributed by atoms with E-state index in [1.54, 1.807) is 19.2 Å². The molecule has 6 heteroatoms. The lowest BCUT2D eigenvalue weighted by molar-refractivity contribution is -0.123. The molecule has 5 nitrogen and oxygen atoms in total. The Morgan fingerprint density at radius 2 is 1.83 bits per heavy atom. The maximum Gasteiger partial charge on any atom is 0.258 e. The second-order valence-electron chi connectivity index (χ2n) is 5.07. The van der Waals surface area contributed by atoms with Gasteiger partial charge in [-0.2, -0.15) is 0 Å². The summed E-state index contributed by atoms with van der Waals surface area (Å²) in [4.78, 5) is 11.8. The minimum absolute atomic E-state index is 0.0994. The van der Waals surface area contributed by atoms with Gasteiger partial charge < -0.3 is 19.5 Å². The predicted molar refractivity (Wildman–Crippen MR) is 93.2 cm³/mol. The number of rotatable bonds is 8. The van der Waals surface area contributed by atoms with Crippen molar-refractivity contribution in [2.45, 2.75) is 6.92 Å². The number of ether oxygens (including phenoxy) is 3. The number of aryl methyl sites for hydroxylation is 1. The van der Waals surface area contributed by atoms with Crippen molar-refractivity contribution in [3.63, 3.8) is 0 Å². The molecule has 0 heterocycles. The van der Waals surface area contributed by atoms with E-state index in [0.29, 0.717) is 35.4 Å². The Kier molecular flexibility index (Phi) is 6.75. The fourth-order valence-electron chi connectivity index (χ4n) is 2.01. The van der Waals surface area contributed by atoms with Gasteiger partial charge in [0.05, 0.1) is 18.7 Å². The smallest absolute Gasteiger partial charge is 0.258 e. The van der Waals surface area contributed by atoms with Gasteiger partial charge in [0.25, 0.3) is 5.91 Å². The molecule has 24 heavy (non-hydrogen) atoms. The van der Waals surface area contributed by atoms with Crippen LogP contribution in [0.25, 0.3) is 0 Å². The highest BCUT2D eigenvalue weighted by molar-refractivity contribution is 6.32. The Bertz CT molecular complexity index is 690. The van der Waals surface area contributed by atoms with E-state index in [4.69, 9.17) is 25.8 Å². The quantitative estimate of drug-likeness (QED) is 0.743. The van der Waals surface area contributed by atoms with Gasteiger partial charge in [-0.3, -0.25) is 4.79 Å². The summed E-state index contributed by atoms with van der Waals surface area (Å²) in [5.41, 5.74) is 1.01. The zero-order valence-corrected chi connectivity index (χ0v) is 14.4. The van der Waals surface area contributed by atoms with Crippen molar-refractivity contribution in [2.24, 2.45) is 0 Å². The molecule has 0 aliphatic rings. The van der Waals surface area contributed by atoms with Crippen LogP contribution >= 0.6 is 11.6 Å². The summed E-state index contributed by atoms with van der Waals surface area (Å²) in [6.07, 6.45) is 0. The first-order chi connectivity index (χ1) is 11.6. The molecule has 0 atom stereocenters. The van der Waals surface area contributed by atoms with Crippen LogP contribution in [-0.2, 0) is 4.79 Å². The third kappa shape index (κ3) is 5.35. The van der Waals surface area contributed by atoms with Crippen molar-refractivity contribution in [3.8, 4) is 17.2 Å². The molecule has 2 rings (SSSR count). The van der Waals surface area contributed by atoms with Crippen LogP contribution in [0.2, 0.25) is 5.02 Å². The molecule has 0 fully saturated rings. The Labute approximate surface area is 146 Å². The Balaban J connectivity index is 1.71. The van der Waals surface area contributed by atoms with E-state index in [1.165, 1.54) is 0 Å². The van der Waals surface area contributed by atoms with Gasteiger partial charge in [0.2, 0.25) is 0 Å². The highest BCUT2D eigenvalue weighted by Crippen LogP contribution is 2.26. The molecule has 0 aliphatic heterocycles. The first kappa shape index (κ1) is 17.9. The van der Waals surface area contributed by atoms with E-state index in [2.05, 4.69) is 5.32 Å². The van der Waals surface area contributed by atoms with Gasteiger partial charge in [0, 0.05) is 0 Å². The molecule has 0 radical (unpaired) electrons. The third-order valence-corrected chi connectivity index (χ3v) is 3.51. The van der Waals surface area contributed by atoms with Gasteiger partial charge in [0.1, 0.15) is 12.4 Å². The summed E-state index contributed by atoms with van der Waals surface area (Å²) in [6, 6.07) is 12.8. The van der Waals surface area contributed by atoms with Gasteiger partial charge >= 0.3 is 0 Å². The molecule has 0 saturated heterocycles. The molecule has 0 spiro atoms. The number of amides is 1. The summed E-state index contributed by atoms with van der Waals surface area (Å²) >= 11 is 6.01. The lowest BCUT2D eigenvalue weighted by Crippen LogP contribution is -2.32. The van der Waals surface area contributed by atoms with E-state index in [1.807, 2.05) is 37.3 Å². The highest BCUT2D eigenvalue weighted by Gasteiger charge is 2.07. The van der Waals surface area contributed by atoms with Gasteiger partial charge in [-0.05, 0) is 36.8 Å². The summed E-state index contributed by atoms with van der Waals surface area (Å²) in [6.45, 7) is 2.52. The van der Waals surface area contributed by atoms with Crippen LogP contribution in [0.15, 0.2) is 42.5 Å². The number of para-hydroxylation sites is 2. The van der Waals surface area contributed by atoms with Gasteiger partial charge in [0.15, 0.2) is 18.1 Å². The molecule has 2 aromatic carbocycles. The van der Waals surface area contributed by atoms with Crippen molar-refractivity contribution >= 4 is 17.5 Å². The highest BCUT2D eigenvalue weighted by atomic mass is 35.5. The lowest BCUT2D eigenvalue weighted by atomic mass is 10.2. The molecule has 1 amide bonds. The molecule has 0 bridgehead atoms. The zero-order valence-electron chi connectivity index (χ0n) is 13.7. The van der Waals surface area contributed by atoms with E-state index < -0.39 is 0 Å². The number of benzene rings is 2. The molecule has 0 aromatic heterocycles. The molecule has 1 N–H and O–H groups in total. The largest absolute Gasteiger partial charge is 0.493 e. The minimum atomic E-state index is -0.240. The monoisotopic (exact) mass is 349 g/mol. The number of halogens is 1. The van der Waals surface area contributed by atoms with Crippen molar-refractivity contribution in [1.29, 1.82) is 0 Å². The van der Waals surface area contributed by atoms with Crippen LogP contribution in [0.5, 0.6) is 17.2 Å². The topological polar surface area (TPSA) is 56.8 Å². The number of carbonyl (C=O) groups is 1. The maximum atomic E-state index is 11.8. The van der Waals surface area contributed by atoms with Crippen LogP contribution in [0.4, 0.5) is 0 Å². The summed E-state index contributed by atoms with van der Waals surface area (Å²) < 4.78 is 16.2. The fourth-order valence-corrected chi connectivity index (χ4v) is 2.18. The first-order valence-electron chi connectivity index (χ1n) is 7.51. The third-order valence-electron chi connectivity index (χ3n) is 3.20. The number of methoxy groups -OCH3 is 1. The molecule has 0 saturated carbocycles. The number of hydrogen-bond donors (Lipinski definition) is 1. The average molecular weight is 350 g/mol. The first-order valence-corrected chi connectivity index (χ1v) is 7.89. The summed E-state index contributed by atoms with van der Waals surface area (Å²) in [5, 5.41) is 3.20. The van der Waals surface area contributed by atoms with E-state index in [-0.39, 0.29) is 12.5 Å². The normalized spacial score (nSPS) is 10.1. The van der Waals surface area contributed by atoms with Crippen molar-refractivity contribution in [2.75, 3.05) is 26.9 Å². The standard InChI is InChI=1S/C18H20ClNO4/c1-13-7-8-14(19)17(11-13)24-12-18(21)20-9-10-23-16-6-4-3-5-15(16)22-2/h3-8,11H,9-10,12H2,1-2H3,(H,20,21). The van der Waals surface area contributed by atoms with Gasteiger partial charge in [-0.25, -0.2) is 0 Å². The second kappa shape index (κ2) is 9.03. The van der Waals surface area contributed by atoms with E-state index >= 15 is 0 Å². The van der Waals surface area contributed by atoms with Crippen LogP contribution in [0, 0.1) is 6.92 Å². The Morgan fingerprint density at radius 3 is 2.58 bits per heavy atom. The van der Waals surface area contributed by atoms with E-state index in [0.717, 1.165) is 5.56 Å². The molecule has 0 unspecified atom stereocenters. The second-order valence-corrected chi connectivity index (χ2v) is 5.48. The number of nitrogens with one attached hydrogen (secondary N) is 1. The molecule has 0 aliphatic carbocycles. The van der Waals surface area contributed by atoms with Crippen molar-refractivity contribution in [1.82, 2.24) is 5.32 Å². The Hall–Kier alpha value is -2.40. The van der Waals surface area contributed by atoms with Crippen molar-refractivity contribution < 1.29 is 19.0 Å². The van der Waals surface area contributed by atoms with Crippen LogP contribution < -0.4 is 19.5 Å². The molecule has 128 valence electrons. The van der Waals surface area contributed by atoms with Crippen LogP contribution in [0.1, 0.15) is 5.56 Å². The van der Waals surface area contributed by atoms with E-state index in [9.17, 15) is 4.79 Å². The minimum Gasteiger partial charge on any atom is -0.493 e.